The summed E-state index contributed by atoms with van der Waals surface area (Å²) in [4.78, 5) is 50.2. The fourth-order valence-electron chi connectivity index (χ4n) is 5.66. The molecule has 0 aliphatic heterocycles. The van der Waals surface area contributed by atoms with Crippen LogP contribution >= 0.6 is 11.3 Å². The number of amides is 3. The van der Waals surface area contributed by atoms with E-state index in [4.69, 9.17) is 5.73 Å². The highest BCUT2D eigenvalue weighted by Gasteiger charge is 2.35. The van der Waals surface area contributed by atoms with Crippen molar-refractivity contribution in [2.45, 2.75) is 37.9 Å². The van der Waals surface area contributed by atoms with E-state index < -0.39 is 12.1 Å². The Morgan fingerprint density at radius 2 is 1.48 bits per heavy atom. The Bertz CT molecular complexity index is 1780. The summed E-state index contributed by atoms with van der Waals surface area (Å²) in [6.07, 6.45) is 4.71. The fourth-order valence-corrected chi connectivity index (χ4v) is 6.41. The molecule has 0 aliphatic rings. The van der Waals surface area contributed by atoms with Gasteiger partial charge >= 0.3 is 0 Å². The molecular formula is C39H41N5O3S. The van der Waals surface area contributed by atoms with Crippen molar-refractivity contribution in [3.8, 4) is 11.1 Å². The van der Waals surface area contributed by atoms with E-state index in [0.717, 1.165) is 32.7 Å². The molecule has 5 aromatic rings. The highest BCUT2D eigenvalue weighted by molar-refractivity contribution is 7.09. The van der Waals surface area contributed by atoms with E-state index in [0.29, 0.717) is 31.5 Å². The Hall–Kier alpha value is -5.12. The zero-order valence-electron chi connectivity index (χ0n) is 27.3. The summed E-state index contributed by atoms with van der Waals surface area (Å²) in [6.45, 7) is 0.712. The Morgan fingerprint density at radius 3 is 2.17 bits per heavy atom. The van der Waals surface area contributed by atoms with Gasteiger partial charge in [0.2, 0.25) is 11.8 Å². The molecule has 2 atom stereocenters. The second-order valence-electron chi connectivity index (χ2n) is 11.7. The first kappa shape index (κ1) is 34.2. The van der Waals surface area contributed by atoms with E-state index in [1.165, 1.54) is 9.80 Å². The first-order valence-electron chi connectivity index (χ1n) is 16.0. The molecule has 0 saturated carbocycles. The topological polar surface area (TPSA) is 109 Å². The number of pyridine rings is 1. The van der Waals surface area contributed by atoms with Crippen molar-refractivity contribution >= 4 is 29.1 Å². The van der Waals surface area contributed by atoms with Gasteiger partial charge in [0.15, 0.2) is 0 Å². The number of hydrogen-bond donors (Lipinski definition) is 2. The van der Waals surface area contributed by atoms with Crippen molar-refractivity contribution in [1.82, 2.24) is 20.1 Å². The van der Waals surface area contributed by atoms with Crippen LogP contribution in [0.2, 0.25) is 0 Å². The summed E-state index contributed by atoms with van der Waals surface area (Å²) in [6, 6.07) is 31.3. The summed E-state index contributed by atoms with van der Waals surface area (Å²) in [7, 11) is 3.30. The molecule has 2 heterocycles. The van der Waals surface area contributed by atoms with Gasteiger partial charge in [-0.1, -0.05) is 72.8 Å². The van der Waals surface area contributed by atoms with E-state index in [9.17, 15) is 14.4 Å². The molecule has 246 valence electrons. The van der Waals surface area contributed by atoms with Gasteiger partial charge in [0, 0.05) is 62.9 Å². The van der Waals surface area contributed by atoms with Crippen LogP contribution in [0.3, 0.4) is 0 Å². The van der Waals surface area contributed by atoms with Gasteiger partial charge in [0.05, 0.1) is 0 Å². The molecule has 8 nitrogen and oxygen atoms in total. The molecule has 3 aromatic carbocycles. The summed E-state index contributed by atoms with van der Waals surface area (Å²) in [5.74, 6) is -0.864. The average Bonchev–Trinajstić information content (AvgIpc) is 3.66. The van der Waals surface area contributed by atoms with Crippen LogP contribution in [0.5, 0.6) is 0 Å². The first-order valence-corrected chi connectivity index (χ1v) is 16.9. The van der Waals surface area contributed by atoms with E-state index in [-0.39, 0.29) is 24.1 Å². The predicted molar refractivity (Wildman–Crippen MR) is 191 cm³/mol. The van der Waals surface area contributed by atoms with Gasteiger partial charge in [-0.3, -0.25) is 19.4 Å². The number of nitrogens with one attached hydrogen (secondary N) is 1. The molecule has 3 N–H and O–H groups in total. The maximum absolute atomic E-state index is 14.5. The second kappa shape index (κ2) is 16.6. The number of benzene rings is 3. The van der Waals surface area contributed by atoms with Crippen molar-refractivity contribution in [2.75, 3.05) is 20.6 Å². The third-order valence-electron chi connectivity index (χ3n) is 8.53. The lowest BCUT2D eigenvalue weighted by molar-refractivity contribution is -0.142. The zero-order valence-corrected chi connectivity index (χ0v) is 28.1. The smallest absolute Gasteiger partial charge is 0.254 e. The highest BCUT2D eigenvalue weighted by Crippen LogP contribution is 2.23. The summed E-state index contributed by atoms with van der Waals surface area (Å²) in [5.41, 5.74) is 11.2. The third kappa shape index (κ3) is 8.82. The molecule has 0 radical (unpaired) electrons. The lowest BCUT2D eigenvalue weighted by Gasteiger charge is -2.34. The molecule has 48 heavy (non-hydrogen) atoms. The zero-order chi connectivity index (χ0) is 33.9. The molecule has 0 bridgehead atoms. The van der Waals surface area contributed by atoms with E-state index in [1.807, 2.05) is 90.3 Å². The Labute approximate surface area is 286 Å². The predicted octanol–water partition coefficient (Wildman–Crippen LogP) is 5.38. The standard InChI is InChI=1S/C39H41N5O3S/c1-43(35(26-34-12-7-23-48-34)37(45)42-22-19-28-17-20-41-21-18-28)39(47)36(44(2)38(46)33-11-6-8-30(24-33)27-40)25-29-13-15-32(16-14-29)31-9-4-3-5-10-31/h3-18,20-21,23-24,35-36H,19,22,25-27,40H2,1-2H3,(H,42,45). The minimum Gasteiger partial charge on any atom is -0.354 e. The van der Waals surface area contributed by atoms with Crippen molar-refractivity contribution in [2.24, 2.45) is 5.73 Å². The van der Waals surface area contributed by atoms with Gasteiger partial charge in [-0.05, 0) is 69.9 Å². The number of nitrogens with two attached hydrogens (primary N) is 1. The van der Waals surface area contributed by atoms with Crippen LogP contribution in [-0.2, 0) is 35.4 Å². The Kier molecular flexibility index (Phi) is 11.9. The van der Waals surface area contributed by atoms with Gasteiger partial charge in [0.1, 0.15) is 12.1 Å². The van der Waals surface area contributed by atoms with E-state index in [2.05, 4.69) is 10.3 Å². The molecular weight excluding hydrogens is 619 g/mol. The minimum atomic E-state index is -0.873. The molecule has 0 spiro atoms. The first-order chi connectivity index (χ1) is 23.3. The Balaban J connectivity index is 1.41. The van der Waals surface area contributed by atoms with Gasteiger partial charge in [0.25, 0.3) is 5.91 Å². The largest absolute Gasteiger partial charge is 0.354 e. The summed E-state index contributed by atoms with van der Waals surface area (Å²) in [5, 5.41) is 5.00. The molecule has 3 amide bonds. The van der Waals surface area contributed by atoms with Crippen molar-refractivity contribution < 1.29 is 14.4 Å². The van der Waals surface area contributed by atoms with Gasteiger partial charge in [-0.25, -0.2) is 0 Å². The number of aromatic nitrogens is 1. The number of carbonyl (C=O) groups excluding carboxylic acids is 3. The minimum absolute atomic E-state index is 0.246. The number of likely N-dealkylation sites (N-methyl/N-ethyl adjacent to an activating group) is 2. The summed E-state index contributed by atoms with van der Waals surface area (Å²) < 4.78 is 0. The van der Waals surface area contributed by atoms with E-state index in [1.54, 1.807) is 56.0 Å². The molecule has 0 fully saturated rings. The molecule has 2 aromatic heterocycles. The van der Waals surface area contributed by atoms with Gasteiger partial charge in [-0.15, -0.1) is 11.3 Å². The third-order valence-corrected chi connectivity index (χ3v) is 9.43. The normalized spacial score (nSPS) is 12.1. The van der Waals surface area contributed by atoms with Crippen molar-refractivity contribution in [3.05, 3.63) is 148 Å². The average molecular weight is 660 g/mol. The number of carbonyl (C=O) groups is 3. The number of hydrogen-bond acceptors (Lipinski definition) is 6. The number of thiophene rings is 1. The van der Waals surface area contributed by atoms with Crippen LogP contribution in [0.15, 0.2) is 121 Å². The van der Waals surface area contributed by atoms with Crippen molar-refractivity contribution in [3.63, 3.8) is 0 Å². The highest BCUT2D eigenvalue weighted by atomic mass is 32.1. The van der Waals surface area contributed by atoms with Crippen LogP contribution in [0.4, 0.5) is 0 Å². The van der Waals surface area contributed by atoms with Crippen LogP contribution in [0.1, 0.15) is 31.9 Å². The maximum Gasteiger partial charge on any atom is 0.254 e. The van der Waals surface area contributed by atoms with E-state index >= 15 is 0 Å². The molecule has 0 aliphatic carbocycles. The van der Waals surface area contributed by atoms with Crippen LogP contribution in [0.25, 0.3) is 11.1 Å². The molecule has 0 saturated heterocycles. The van der Waals surface area contributed by atoms with Crippen LogP contribution in [0, 0.1) is 0 Å². The SMILES string of the molecule is CN(C(=O)c1cccc(CN)c1)C(Cc1ccc(-c2ccccc2)cc1)C(=O)N(C)C(Cc1cccs1)C(=O)NCCc1ccncc1. The monoisotopic (exact) mass is 659 g/mol. The summed E-state index contributed by atoms with van der Waals surface area (Å²) >= 11 is 1.54. The number of rotatable bonds is 14. The second-order valence-corrected chi connectivity index (χ2v) is 12.8. The van der Waals surface area contributed by atoms with Crippen molar-refractivity contribution in [1.29, 1.82) is 0 Å². The lowest BCUT2D eigenvalue weighted by Crippen LogP contribution is -2.56. The molecule has 9 heteroatoms. The Morgan fingerprint density at radius 1 is 0.750 bits per heavy atom. The lowest BCUT2D eigenvalue weighted by atomic mass is 9.98. The van der Waals surface area contributed by atoms with Crippen LogP contribution < -0.4 is 11.1 Å². The van der Waals surface area contributed by atoms with Gasteiger partial charge < -0.3 is 20.9 Å². The van der Waals surface area contributed by atoms with Crippen LogP contribution in [-0.4, -0.2) is 65.2 Å². The van der Waals surface area contributed by atoms with Gasteiger partial charge in [-0.2, -0.15) is 0 Å². The number of nitrogens with zero attached hydrogens (tertiary/aromatic N) is 3. The fraction of sp³-hybridized carbons (Fsp3) is 0.231. The quantitative estimate of drug-likeness (QED) is 0.167. The molecule has 2 unspecified atom stereocenters. The molecule has 5 rings (SSSR count). The maximum atomic E-state index is 14.5.